The lowest BCUT2D eigenvalue weighted by Crippen LogP contribution is -2.42. The van der Waals surface area contributed by atoms with Gasteiger partial charge in [0.05, 0.1) is 12.7 Å². The zero-order valence-corrected chi connectivity index (χ0v) is 10.9. The lowest BCUT2D eigenvalue weighted by atomic mass is 10.4. The molecule has 0 spiro atoms. The van der Waals surface area contributed by atoms with Crippen LogP contribution in [0.15, 0.2) is 23.4 Å². The first kappa shape index (κ1) is 14.5. The van der Waals surface area contributed by atoms with Crippen molar-refractivity contribution in [3.63, 3.8) is 0 Å². The molecule has 6 nitrogen and oxygen atoms in total. The van der Waals surface area contributed by atoms with E-state index in [-0.39, 0.29) is 17.3 Å². The van der Waals surface area contributed by atoms with E-state index in [0.717, 1.165) is 22.8 Å². The van der Waals surface area contributed by atoms with E-state index in [1.807, 2.05) is 0 Å². The predicted molar refractivity (Wildman–Crippen MR) is 65.1 cm³/mol. The van der Waals surface area contributed by atoms with Crippen molar-refractivity contribution in [2.45, 2.75) is 24.8 Å². The Bertz CT molecular complexity index is 545. The van der Waals surface area contributed by atoms with Gasteiger partial charge < -0.3 is 5.73 Å². The highest BCUT2D eigenvalue weighted by Gasteiger charge is 2.28. The fourth-order valence-electron chi connectivity index (χ4n) is 1.38. The smallest absolute Gasteiger partial charge is 0.245 e. The largest absolute Gasteiger partial charge is 0.387 e. The normalized spacial score (nSPS) is 12.1. The van der Waals surface area contributed by atoms with Crippen molar-refractivity contribution in [3.8, 4) is 0 Å². The molecule has 0 bridgehead atoms. The van der Waals surface area contributed by atoms with Crippen molar-refractivity contribution < 1.29 is 12.8 Å². The van der Waals surface area contributed by atoms with Gasteiger partial charge in [-0.05, 0) is 19.9 Å². The van der Waals surface area contributed by atoms with Crippen molar-refractivity contribution in [2.75, 3.05) is 6.54 Å². The van der Waals surface area contributed by atoms with E-state index in [1.165, 1.54) is 0 Å². The Hall–Kier alpha value is -1.54. The molecular weight excluding hydrogens is 259 g/mol. The third-order valence-electron chi connectivity index (χ3n) is 2.19. The fraction of sp³-hybridized carbons (Fsp3) is 0.400. The van der Waals surface area contributed by atoms with Crippen LogP contribution in [0.3, 0.4) is 0 Å². The van der Waals surface area contributed by atoms with Gasteiger partial charge in [0.15, 0.2) is 0 Å². The van der Waals surface area contributed by atoms with Crippen LogP contribution in [0.2, 0.25) is 0 Å². The Morgan fingerprint density at radius 2 is 2.17 bits per heavy atom. The van der Waals surface area contributed by atoms with Crippen LogP contribution in [0.5, 0.6) is 0 Å². The summed E-state index contributed by atoms with van der Waals surface area (Å²) in [7, 11) is -3.91. The standard InChI is InChI=1S/C10H15FN4O2S/c1-7(2)15(6-10(12)13)18(16,17)9-3-8(11)4-14-5-9/h3-5,7H,6H2,1-2H3,(H3,12,13). The molecule has 100 valence electrons. The molecule has 0 saturated heterocycles. The van der Waals surface area contributed by atoms with Crippen LogP contribution in [0.1, 0.15) is 13.8 Å². The van der Waals surface area contributed by atoms with Gasteiger partial charge >= 0.3 is 0 Å². The summed E-state index contributed by atoms with van der Waals surface area (Å²) in [6, 6.07) is 0.486. The molecule has 0 aliphatic heterocycles. The number of amidine groups is 1. The van der Waals surface area contributed by atoms with Gasteiger partial charge in [0.2, 0.25) is 10.0 Å². The Morgan fingerprint density at radius 3 is 2.61 bits per heavy atom. The van der Waals surface area contributed by atoms with E-state index in [0.29, 0.717) is 0 Å². The third-order valence-corrected chi connectivity index (χ3v) is 4.18. The second-order valence-electron chi connectivity index (χ2n) is 4.01. The molecule has 18 heavy (non-hydrogen) atoms. The quantitative estimate of drug-likeness (QED) is 0.605. The second-order valence-corrected chi connectivity index (χ2v) is 5.90. The number of sulfonamides is 1. The van der Waals surface area contributed by atoms with Crippen LogP contribution in [-0.2, 0) is 10.0 Å². The molecule has 3 N–H and O–H groups in total. The average Bonchev–Trinajstić information content (AvgIpc) is 2.25. The van der Waals surface area contributed by atoms with Crippen LogP contribution in [0, 0.1) is 11.2 Å². The molecule has 8 heteroatoms. The lowest BCUT2D eigenvalue weighted by Gasteiger charge is -2.25. The van der Waals surface area contributed by atoms with Gasteiger partial charge in [-0.2, -0.15) is 4.31 Å². The first-order valence-corrected chi connectivity index (χ1v) is 6.64. The van der Waals surface area contributed by atoms with E-state index in [1.54, 1.807) is 13.8 Å². The molecule has 0 fully saturated rings. The highest BCUT2D eigenvalue weighted by atomic mass is 32.2. The van der Waals surface area contributed by atoms with Gasteiger partial charge in [-0.15, -0.1) is 0 Å². The molecule has 1 heterocycles. The summed E-state index contributed by atoms with van der Waals surface area (Å²) in [5, 5.41) is 7.18. The molecule has 0 radical (unpaired) electrons. The average molecular weight is 274 g/mol. The number of nitrogens with two attached hydrogens (primary N) is 1. The highest BCUT2D eigenvalue weighted by Crippen LogP contribution is 2.17. The van der Waals surface area contributed by atoms with E-state index >= 15 is 0 Å². The van der Waals surface area contributed by atoms with Gasteiger partial charge in [-0.3, -0.25) is 10.4 Å². The zero-order valence-electron chi connectivity index (χ0n) is 10.1. The van der Waals surface area contributed by atoms with Crippen LogP contribution in [0.25, 0.3) is 0 Å². The maximum absolute atomic E-state index is 13.0. The number of halogens is 1. The molecule has 0 saturated carbocycles. The summed E-state index contributed by atoms with van der Waals surface area (Å²) in [4.78, 5) is 3.25. The molecule has 0 aliphatic carbocycles. The number of pyridine rings is 1. The van der Waals surface area contributed by atoms with Gasteiger partial charge in [-0.25, -0.2) is 12.8 Å². The Balaban J connectivity index is 3.21. The summed E-state index contributed by atoms with van der Waals surface area (Å²) < 4.78 is 38.5. The Kier molecular flexibility index (Phi) is 4.36. The summed E-state index contributed by atoms with van der Waals surface area (Å²) >= 11 is 0. The zero-order chi connectivity index (χ0) is 13.9. The SMILES string of the molecule is CC(C)N(CC(=N)N)S(=O)(=O)c1cncc(F)c1. The number of nitrogens with one attached hydrogen (secondary N) is 1. The molecule has 1 aromatic heterocycles. The van der Waals surface area contributed by atoms with E-state index in [2.05, 4.69) is 4.98 Å². The van der Waals surface area contributed by atoms with Crippen molar-refractivity contribution in [2.24, 2.45) is 5.73 Å². The van der Waals surface area contributed by atoms with Gasteiger partial charge in [0, 0.05) is 12.2 Å². The topological polar surface area (TPSA) is 100 Å². The van der Waals surface area contributed by atoms with E-state index in [4.69, 9.17) is 11.1 Å². The summed E-state index contributed by atoms with van der Waals surface area (Å²) in [5.41, 5.74) is 5.22. The lowest BCUT2D eigenvalue weighted by molar-refractivity contribution is 0.388. The number of aromatic nitrogens is 1. The molecule has 0 atom stereocenters. The molecule has 1 aromatic rings. The number of hydrogen-bond acceptors (Lipinski definition) is 4. The maximum atomic E-state index is 13.0. The van der Waals surface area contributed by atoms with E-state index < -0.39 is 21.9 Å². The van der Waals surface area contributed by atoms with Crippen LogP contribution in [-0.4, -0.2) is 36.1 Å². The monoisotopic (exact) mass is 274 g/mol. The predicted octanol–water partition coefficient (Wildman–Crippen LogP) is 0.556. The molecule has 1 rings (SSSR count). The highest BCUT2D eigenvalue weighted by molar-refractivity contribution is 7.89. The van der Waals surface area contributed by atoms with Gasteiger partial charge in [-0.1, -0.05) is 0 Å². The van der Waals surface area contributed by atoms with Crippen molar-refractivity contribution in [1.29, 1.82) is 5.41 Å². The van der Waals surface area contributed by atoms with Gasteiger partial charge in [0.1, 0.15) is 16.5 Å². The molecule has 0 aliphatic rings. The molecular formula is C10H15FN4O2S. The third kappa shape index (κ3) is 3.23. The first-order chi connectivity index (χ1) is 8.25. The fourth-order valence-corrected chi connectivity index (χ4v) is 2.97. The van der Waals surface area contributed by atoms with Crippen LogP contribution in [0.4, 0.5) is 4.39 Å². The van der Waals surface area contributed by atoms with Crippen molar-refractivity contribution in [1.82, 2.24) is 9.29 Å². The Labute approximate surface area is 105 Å². The number of nitrogens with zero attached hydrogens (tertiary/aromatic N) is 2. The van der Waals surface area contributed by atoms with E-state index in [9.17, 15) is 12.8 Å². The minimum absolute atomic E-state index is 0.240. The van der Waals surface area contributed by atoms with Gasteiger partial charge in [0.25, 0.3) is 0 Å². The van der Waals surface area contributed by atoms with Crippen molar-refractivity contribution >= 4 is 15.9 Å². The summed E-state index contributed by atoms with van der Waals surface area (Å²) in [5.74, 6) is -1.01. The minimum atomic E-state index is -3.91. The van der Waals surface area contributed by atoms with Crippen LogP contribution < -0.4 is 5.73 Å². The molecule has 0 amide bonds. The minimum Gasteiger partial charge on any atom is -0.387 e. The summed E-state index contributed by atoms with van der Waals surface area (Å²) in [6.45, 7) is 3.05. The summed E-state index contributed by atoms with van der Waals surface area (Å²) in [6.07, 6.45) is 1.98. The van der Waals surface area contributed by atoms with Crippen molar-refractivity contribution in [3.05, 3.63) is 24.3 Å². The van der Waals surface area contributed by atoms with Crippen LogP contribution >= 0.6 is 0 Å². The number of hydrogen-bond donors (Lipinski definition) is 2. The first-order valence-electron chi connectivity index (χ1n) is 5.20. The number of rotatable bonds is 5. The Morgan fingerprint density at radius 1 is 1.56 bits per heavy atom. The second kappa shape index (κ2) is 5.40. The maximum Gasteiger partial charge on any atom is 0.245 e. The molecule has 0 unspecified atom stereocenters. The molecule has 0 aromatic carbocycles.